The fourth-order valence-corrected chi connectivity index (χ4v) is 2.47. The number of carbonyl (C=O) groups excluding carboxylic acids is 1. The predicted octanol–water partition coefficient (Wildman–Crippen LogP) is 2.59. The van der Waals surface area contributed by atoms with E-state index >= 15 is 0 Å². The number of Topliss-reactive ketones (excluding diaryl/α,β-unsaturated/α-hetero) is 1. The molecule has 17 heavy (non-hydrogen) atoms. The van der Waals surface area contributed by atoms with E-state index in [-0.39, 0.29) is 5.78 Å². The fraction of sp³-hybridized carbons (Fsp3) is 0.167. The van der Waals surface area contributed by atoms with Crippen molar-refractivity contribution in [1.82, 2.24) is 9.97 Å². The van der Waals surface area contributed by atoms with Gasteiger partial charge in [-0.25, -0.2) is 4.98 Å². The molecule has 0 N–H and O–H groups in total. The van der Waals surface area contributed by atoms with Gasteiger partial charge in [0.05, 0.1) is 10.6 Å². The maximum absolute atomic E-state index is 11.5. The number of aromatic nitrogens is 2. The summed E-state index contributed by atoms with van der Waals surface area (Å²) >= 11 is 1.29. The third kappa shape index (κ3) is 2.08. The molecular formula is C12H9N3OS. The zero-order valence-electron chi connectivity index (χ0n) is 9.39. The summed E-state index contributed by atoms with van der Waals surface area (Å²) in [7, 11) is 0. The molecule has 0 unspecified atom stereocenters. The first-order valence-electron chi connectivity index (χ1n) is 4.96. The highest BCUT2D eigenvalue weighted by Gasteiger charge is 2.15. The summed E-state index contributed by atoms with van der Waals surface area (Å²) in [5, 5.41) is 9.23. The van der Waals surface area contributed by atoms with Crippen LogP contribution >= 0.6 is 11.3 Å². The monoisotopic (exact) mass is 243 g/mol. The fourth-order valence-electron chi connectivity index (χ4n) is 1.57. The molecule has 0 amide bonds. The van der Waals surface area contributed by atoms with Crippen LogP contribution in [0.5, 0.6) is 0 Å². The van der Waals surface area contributed by atoms with E-state index in [9.17, 15) is 4.79 Å². The molecule has 2 rings (SSSR count). The number of hydrogen-bond acceptors (Lipinski definition) is 5. The number of thiazole rings is 1. The molecule has 0 aliphatic rings. The van der Waals surface area contributed by atoms with Crippen LogP contribution in [-0.4, -0.2) is 15.8 Å². The minimum atomic E-state index is -0.0422. The summed E-state index contributed by atoms with van der Waals surface area (Å²) in [6.07, 6.45) is 3.18. The van der Waals surface area contributed by atoms with Gasteiger partial charge in [0.2, 0.25) is 0 Å². The lowest BCUT2D eigenvalue weighted by molar-refractivity contribution is 0.101. The zero-order chi connectivity index (χ0) is 12.4. The lowest BCUT2D eigenvalue weighted by Gasteiger charge is -2.03. The molecule has 2 heterocycles. The van der Waals surface area contributed by atoms with Gasteiger partial charge in [-0.3, -0.25) is 9.78 Å². The Bertz CT molecular complexity index is 625. The van der Waals surface area contributed by atoms with Gasteiger partial charge < -0.3 is 0 Å². The van der Waals surface area contributed by atoms with Crippen molar-refractivity contribution in [3.63, 3.8) is 0 Å². The van der Waals surface area contributed by atoms with Gasteiger partial charge in [0.1, 0.15) is 6.07 Å². The van der Waals surface area contributed by atoms with Crippen LogP contribution in [0, 0.1) is 18.3 Å². The Morgan fingerprint density at radius 1 is 1.53 bits per heavy atom. The standard InChI is InChI=1S/C12H9N3OS/c1-7-12(17-11(5-13)15-7)9-3-4-14-6-10(9)8(2)16/h3-4,6H,1-2H3. The number of aryl methyl sites for hydroxylation is 1. The molecule has 2 aromatic heterocycles. The number of ketones is 1. The maximum Gasteiger partial charge on any atom is 0.195 e. The molecular weight excluding hydrogens is 234 g/mol. The molecule has 0 radical (unpaired) electrons. The smallest absolute Gasteiger partial charge is 0.195 e. The van der Waals surface area contributed by atoms with Gasteiger partial charge >= 0.3 is 0 Å². The molecule has 0 saturated heterocycles. The Morgan fingerprint density at radius 2 is 2.29 bits per heavy atom. The van der Waals surface area contributed by atoms with Crippen LogP contribution in [0.4, 0.5) is 0 Å². The van der Waals surface area contributed by atoms with Gasteiger partial charge in [-0.15, -0.1) is 11.3 Å². The molecule has 0 fully saturated rings. The summed E-state index contributed by atoms with van der Waals surface area (Å²) in [4.78, 5) is 20.4. The zero-order valence-corrected chi connectivity index (χ0v) is 10.2. The maximum atomic E-state index is 11.5. The van der Waals surface area contributed by atoms with Crippen molar-refractivity contribution < 1.29 is 4.79 Å². The summed E-state index contributed by atoms with van der Waals surface area (Å²) < 4.78 is 0. The van der Waals surface area contributed by atoms with Gasteiger partial charge in [0, 0.05) is 23.5 Å². The summed E-state index contributed by atoms with van der Waals surface area (Å²) in [5.41, 5.74) is 2.12. The van der Waals surface area contributed by atoms with Crippen LogP contribution in [-0.2, 0) is 0 Å². The Kier molecular flexibility index (Phi) is 2.98. The quantitative estimate of drug-likeness (QED) is 0.760. The van der Waals surface area contributed by atoms with Gasteiger partial charge in [0.15, 0.2) is 10.8 Å². The number of carbonyl (C=O) groups is 1. The van der Waals surface area contributed by atoms with Crippen molar-refractivity contribution in [3.05, 3.63) is 34.7 Å². The Labute approximate surface area is 103 Å². The number of pyridine rings is 1. The average molecular weight is 243 g/mol. The molecule has 0 spiro atoms. The largest absolute Gasteiger partial charge is 0.294 e. The van der Waals surface area contributed by atoms with Crippen LogP contribution < -0.4 is 0 Å². The van der Waals surface area contributed by atoms with Crippen LogP contribution in [0.25, 0.3) is 10.4 Å². The third-order valence-electron chi connectivity index (χ3n) is 2.34. The van der Waals surface area contributed by atoms with E-state index in [1.54, 1.807) is 18.5 Å². The van der Waals surface area contributed by atoms with E-state index in [2.05, 4.69) is 9.97 Å². The molecule has 2 aromatic rings. The number of nitrogens with zero attached hydrogens (tertiary/aromatic N) is 3. The topological polar surface area (TPSA) is 66.6 Å². The second kappa shape index (κ2) is 4.44. The van der Waals surface area contributed by atoms with E-state index < -0.39 is 0 Å². The summed E-state index contributed by atoms with van der Waals surface area (Å²) in [6.45, 7) is 3.33. The van der Waals surface area contributed by atoms with Crippen LogP contribution in [0.15, 0.2) is 18.5 Å². The lowest BCUT2D eigenvalue weighted by atomic mass is 10.1. The summed E-state index contributed by atoms with van der Waals surface area (Å²) in [6, 6.07) is 3.79. The Hall–Kier alpha value is -2.06. The van der Waals surface area contributed by atoms with Crippen molar-refractivity contribution in [2.75, 3.05) is 0 Å². The minimum absolute atomic E-state index is 0.0422. The molecule has 0 bridgehead atoms. The van der Waals surface area contributed by atoms with Crippen LogP contribution in [0.1, 0.15) is 28.0 Å². The molecule has 84 valence electrons. The van der Waals surface area contributed by atoms with E-state index in [0.717, 1.165) is 16.1 Å². The number of rotatable bonds is 2. The normalized spacial score (nSPS) is 9.94. The van der Waals surface area contributed by atoms with Crippen LogP contribution in [0.2, 0.25) is 0 Å². The highest BCUT2D eigenvalue weighted by molar-refractivity contribution is 7.15. The van der Waals surface area contributed by atoms with Crippen molar-refractivity contribution in [1.29, 1.82) is 5.26 Å². The van der Waals surface area contributed by atoms with E-state index in [0.29, 0.717) is 10.6 Å². The molecule has 0 aromatic carbocycles. The van der Waals surface area contributed by atoms with Gasteiger partial charge in [0.25, 0.3) is 0 Å². The molecule has 0 atom stereocenters. The highest BCUT2D eigenvalue weighted by atomic mass is 32.1. The first kappa shape index (κ1) is 11.4. The lowest BCUT2D eigenvalue weighted by Crippen LogP contribution is -1.96. The molecule has 0 aliphatic heterocycles. The van der Waals surface area contributed by atoms with Crippen molar-refractivity contribution in [3.8, 4) is 16.5 Å². The highest BCUT2D eigenvalue weighted by Crippen LogP contribution is 2.31. The van der Waals surface area contributed by atoms with Gasteiger partial charge in [-0.2, -0.15) is 5.26 Å². The SMILES string of the molecule is CC(=O)c1cnccc1-c1sc(C#N)nc1C. The summed E-state index contributed by atoms with van der Waals surface area (Å²) in [5.74, 6) is -0.0422. The third-order valence-corrected chi connectivity index (χ3v) is 3.43. The predicted molar refractivity (Wildman–Crippen MR) is 64.8 cm³/mol. The Balaban J connectivity index is 2.64. The van der Waals surface area contributed by atoms with E-state index in [1.165, 1.54) is 18.3 Å². The second-order valence-corrected chi connectivity index (χ2v) is 4.52. The van der Waals surface area contributed by atoms with E-state index in [4.69, 9.17) is 5.26 Å². The first-order valence-corrected chi connectivity index (χ1v) is 5.78. The molecule has 0 aliphatic carbocycles. The van der Waals surface area contributed by atoms with E-state index in [1.807, 2.05) is 13.0 Å². The minimum Gasteiger partial charge on any atom is -0.294 e. The van der Waals surface area contributed by atoms with Crippen molar-refractivity contribution in [2.45, 2.75) is 13.8 Å². The second-order valence-electron chi connectivity index (χ2n) is 3.52. The van der Waals surface area contributed by atoms with Crippen molar-refractivity contribution >= 4 is 17.1 Å². The van der Waals surface area contributed by atoms with Crippen molar-refractivity contribution in [2.24, 2.45) is 0 Å². The van der Waals surface area contributed by atoms with Crippen LogP contribution in [0.3, 0.4) is 0 Å². The molecule has 4 nitrogen and oxygen atoms in total. The molecule has 0 saturated carbocycles. The number of nitriles is 1. The first-order chi connectivity index (χ1) is 8.13. The van der Waals surface area contributed by atoms with Gasteiger partial charge in [-0.05, 0) is 19.9 Å². The molecule has 5 heteroatoms. The number of hydrogen-bond donors (Lipinski definition) is 0. The Morgan fingerprint density at radius 3 is 2.88 bits per heavy atom. The van der Waals surface area contributed by atoms with Gasteiger partial charge in [-0.1, -0.05) is 0 Å². The average Bonchev–Trinajstić information content (AvgIpc) is 2.70.